The maximum Gasteiger partial charge on any atom is 0.339 e. The average Bonchev–Trinajstić information content (AvgIpc) is 2.84. The Hall–Kier alpha value is -3.61. The van der Waals surface area contributed by atoms with Crippen molar-refractivity contribution >= 4 is 22.8 Å². The first-order valence-corrected chi connectivity index (χ1v) is 11.1. The van der Waals surface area contributed by atoms with E-state index in [1.54, 1.807) is 30.2 Å². The third-order valence-electron chi connectivity index (χ3n) is 5.85. The van der Waals surface area contributed by atoms with Gasteiger partial charge in [0.25, 0.3) is 5.91 Å². The standard InChI is InChI=1S/C26H28N2O5/c1-5-12-33-26(30)24-18-13-16(2)6-8-20(18)27-21-10-11-28(15-19(21)24)25(29)17-7-9-22(31-3)23(14-17)32-4/h6-9,13-14H,5,10-12,15H2,1-4H3. The van der Waals surface area contributed by atoms with E-state index in [0.29, 0.717) is 42.2 Å². The Morgan fingerprint density at radius 2 is 1.85 bits per heavy atom. The molecule has 1 amide bonds. The summed E-state index contributed by atoms with van der Waals surface area (Å²) in [4.78, 5) is 33.0. The number of pyridine rings is 1. The first-order chi connectivity index (χ1) is 16.0. The van der Waals surface area contributed by atoms with Crippen LogP contribution in [0.3, 0.4) is 0 Å². The van der Waals surface area contributed by atoms with Crippen LogP contribution >= 0.6 is 0 Å². The summed E-state index contributed by atoms with van der Waals surface area (Å²) in [6.07, 6.45) is 1.30. The Kier molecular flexibility index (Phi) is 6.49. The third kappa shape index (κ3) is 4.35. The van der Waals surface area contributed by atoms with Gasteiger partial charge in [-0.15, -0.1) is 0 Å². The Labute approximate surface area is 193 Å². The number of ether oxygens (including phenoxy) is 3. The van der Waals surface area contributed by atoms with E-state index in [-0.39, 0.29) is 18.4 Å². The van der Waals surface area contributed by atoms with Crippen LogP contribution in [0.2, 0.25) is 0 Å². The summed E-state index contributed by atoms with van der Waals surface area (Å²) in [5.41, 5.74) is 4.40. The summed E-state index contributed by atoms with van der Waals surface area (Å²) >= 11 is 0. The van der Waals surface area contributed by atoms with Gasteiger partial charge in [0, 0.05) is 41.7 Å². The van der Waals surface area contributed by atoms with Crippen molar-refractivity contribution in [3.63, 3.8) is 0 Å². The summed E-state index contributed by atoms with van der Waals surface area (Å²) in [6.45, 7) is 5.08. The Morgan fingerprint density at radius 3 is 2.58 bits per heavy atom. The van der Waals surface area contributed by atoms with E-state index in [1.165, 1.54) is 7.11 Å². The predicted octanol–water partition coefficient (Wildman–Crippen LogP) is 4.33. The molecule has 4 rings (SSSR count). The van der Waals surface area contributed by atoms with Gasteiger partial charge >= 0.3 is 5.97 Å². The highest BCUT2D eigenvalue weighted by atomic mass is 16.5. The van der Waals surface area contributed by atoms with Crippen molar-refractivity contribution in [1.82, 2.24) is 9.88 Å². The molecule has 7 nitrogen and oxygen atoms in total. The molecule has 0 fully saturated rings. The number of rotatable bonds is 6. The van der Waals surface area contributed by atoms with Crippen molar-refractivity contribution in [3.8, 4) is 11.5 Å². The van der Waals surface area contributed by atoms with Crippen LogP contribution < -0.4 is 9.47 Å². The van der Waals surface area contributed by atoms with Crippen molar-refractivity contribution in [1.29, 1.82) is 0 Å². The number of aromatic nitrogens is 1. The Bertz CT molecular complexity index is 1220. The molecule has 1 aliphatic heterocycles. The minimum absolute atomic E-state index is 0.140. The van der Waals surface area contributed by atoms with Crippen molar-refractivity contribution in [2.24, 2.45) is 0 Å². The molecule has 2 aromatic carbocycles. The second-order valence-corrected chi connectivity index (χ2v) is 8.12. The molecule has 2 heterocycles. The van der Waals surface area contributed by atoms with Gasteiger partial charge in [0.1, 0.15) is 0 Å². The van der Waals surface area contributed by atoms with Crippen molar-refractivity contribution in [3.05, 3.63) is 64.3 Å². The summed E-state index contributed by atoms with van der Waals surface area (Å²) in [5.74, 6) is 0.545. The summed E-state index contributed by atoms with van der Waals surface area (Å²) in [7, 11) is 3.09. The first-order valence-electron chi connectivity index (χ1n) is 11.1. The Morgan fingerprint density at radius 1 is 1.06 bits per heavy atom. The zero-order valence-corrected chi connectivity index (χ0v) is 19.4. The van der Waals surface area contributed by atoms with E-state index in [2.05, 4.69) is 0 Å². The molecular weight excluding hydrogens is 420 g/mol. The molecule has 1 aliphatic rings. The van der Waals surface area contributed by atoms with Gasteiger partial charge in [0.05, 0.1) is 31.9 Å². The van der Waals surface area contributed by atoms with Gasteiger partial charge < -0.3 is 19.1 Å². The van der Waals surface area contributed by atoms with Crippen molar-refractivity contribution < 1.29 is 23.8 Å². The lowest BCUT2D eigenvalue weighted by atomic mass is 9.94. The smallest absolute Gasteiger partial charge is 0.339 e. The number of methoxy groups -OCH3 is 2. The average molecular weight is 449 g/mol. The highest BCUT2D eigenvalue weighted by Crippen LogP contribution is 2.32. The van der Waals surface area contributed by atoms with Crippen LogP contribution in [0.15, 0.2) is 36.4 Å². The fourth-order valence-electron chi connectivity index (χ4n) is 4.18. The predicted molar refractivity (Wildman–Crippen MR) is 125 cm³/mol. The fourth-order valence-corrected chi connectivity index (χ4v) is 4.18. The van der Waals surface area contributed by atoms with E-state index in [4.69, 9.17) is 19.2 Å². The van der Waals surface area contributed by atoms with Crippen molar-refractivity contribution in [2.45, 2.75) is 33.2 Å². The number of amides is 1. The van der Waals surface area contributed by atoms with Gasteiger partial charge in [-0.1, -0.05) is 18.6 Å². The maximum absolute atomic E-state index is 13.3. The van der Waals surface area contributed by atoms with E-state index in [1.807, 2.05) is 32.0 Å². The number of esters is 1. The molecule has 0 saturated carbocycles. The topological polar surface area (TPSA) is 78.0 Å². The molecule has 0 saturated heterocycles. The number of hydrogen-bond acceptors (Lipinski definition) is 6. The lowest BCUT2D eigenvalue weighted by Crippen LogP contribution is -2.37. The number of aryl methyl sites for hydroxylation is 1. The van der Waals surface area contributed by atoms with E-state index < -0.39 is 0 Å². The van der Waals surface area contributed by atoms with Crippen LogP contribution in [0.4, 0.5) is 0 Å². The molecule has 0 N–H and O–H groups in total. The lowest BCUT2D eigenvalue weighted by Gasteiger charge is -2.30. The number of benzene rings is 2. The molecule has 0 aliphatic carbocycles. The summed E-state index contributed by atoms with van der Waals surface area (Å²) in [6, 6.07) is 11.0. The van der Waals surface area contributed by atoms with Gasteiger partial charge in [-0.05, 0) is 43.7 Å². The van der Waals surface area contributed by atoms with Gasteiger partial charge in [0.15, 0.2) is 11.5 Å². The van der Waals surface area contributed by atoms with E-state index >= 15 is 0 Å². The highest BCUT2D eigenvalue weighted by Gasteiger charge is 2.29. The number of hydrogen-bond donors (Lipinski definition) is 0. The van der Waals surface area contributed by atoms with E-state index in [0.717, 1.165) is 34.1 Å². The van der Waals surface area contributed by atoms with Crippen molar-refractivity contribution in [2.75, 3.05) is 27.4 Å². The number of fused-ring (bicyclic) bond motifs is 2. The van der Waals surface area contributed by atoms with Crippen LogP contribution in [0.25, 0.3) is 10.9 Å². The molecule has 0 bridgehead atoms. The number of nitrogens with zero attached hydrogens (tertiary/aromatic N) is 2. The molecule has 1 aromatic heterocycles. The molecule has 172 valence electrons. The molecular formula is C26H28N2O5. The SMILES string of the molecule is CCCOC(=O)c1c2c(nc3ccc(C)cc13)CCN(C(=O)c1ccc(OC)c(OC)c1)C2. The lowest BCUT2D eigenvalue weighted by molar-refractivity contribution is 0.0501. The van der Waals surface area contributed by atoms with Gasteiger partial charge in [-0.2, -0.15) is 0 Å². The van der Waals surface area contributed by atoms with Crippen LogP contribution in [0.5, 0.6) is 11.5 Å². The zero-order valence-electron chi connectivity index (χ0n) is 19.4. The monoisotopic (exact) mass is 448 g/mol. The van der Waals surface area contributed by atoms with Gasteiger partial charge in [0.2, 0.25) is 0 Å². The minimum atomic E-state index is -0.369. The first kappa shape index (κ1) is 22.6. The molecule has 33 heavy (non-hydrogen) atoms. The quantitative estimate of drug-likeness (QED) is 0.523. The third-order valence-corrected chi connectivity index (χ3v) is 5.85. The molecule has 0 unspecified atom stereocenters. The number of carbonyl (C=O) groups is 2. The van der Waals surface area contributed by atoms with Gasteiger partial charge in [-0.25, -0.2) is 4.79 Å². The van der Waals surface area contributed by atoms with Crippen LogP contribution in [-0.2, 0) is 17.7 Å². The molecule has 0 spiro atoms. The molecule has 0 radical (unpaired) electrons. The largest absolute Gasteiger partial charge is 0.493 e. The normalized spacial score (nSPS) is 12.9. The van der Waals surface area contributed by atoms with E-state index in [9.17, 15) is 9.59 Å². The zero-order chi connectivity index (χ0) is 23.5. The highest BCUT2D eigenvalue weighted by molar-refractivity contribution is 6.05. The van der Waals surface area contributed by atoms with Crippen LogP contribution in [0.1, 0.15) is 50.9 Å². The summed E-state index contributed by atoms with van der Waals surface area (Å²) in [5, 5.41) is 0.760. The maximum atomic E-state index is 13.3. The summed E-state index contributed by atoms with van der Waals surface area (Å²) < 4.78 is 16.2. The number of carbonyl (C=O) groups excluding carboxylic acids is 2. The van der Waals surface area contributed by atoms with Gasteiger partial charge in [-0.3, -0.25) is 9.78 Å². The second kappa shape index (κ2) is 9.48. The Balaban J connectivity index is 1.74. The molecule has 0 atom stereocenters. The molecule has 7 heteroatoms. The minimum Gasteiger partial charge on any atom is -0.493 e. The second-order valence-electron chi connectivity index (χ2n) is 8.12. The fraction of sp³-hybridized carbons (Fsp3) is 0.346. The van der Waals surface area contributed by atoms with Crippen LogP contribution in [-0.4, -0.2) is 49.1 Å². The molecule has 3 aromatic rings. The van der Waals surface area contributed by atoms with Crippen LogP contribution in [0, 0.1) is 6.92 Å².